The van der Waals surface area contributed by atoms with Gasteiger partial charge in [-0.25, -0.2) is 0 Å². The minimum absolute atomic E-state index is 0.0751. The Labute approximate surface area is 151 Å². The molecule has 0 saturated carbocycles. The zero-order valence-corrected chi connectivity index (χ0v) is 14.7. The van der Waals surface area contributed by atoms with E-state index < -0.39 is 0 Å². The number of rotatable bonds is 4. The van der Waals surface area contributed by atoms with E-state index >= 15 is 0 Å². The Bertz CT molecular complexity index is 931. The predicted molar refractivity (Wildman–Crippen MR) is 99.3 cm³/mol. The molecule has 1 N–H and O–H groups in total. The second-order valence-electron chi connectivity index (χ2n) is 6.29. The normalized spacial score (nSPS) is 15.8. The van der Waals surface area contributed by atoms with Gasteiger partial charge in [0.1, 0.15) is 17.5 Å². The first-order valence-corrected chi connectivity index (χ1v) is 8.85. The van der Waals surface area contributed by atoms with Crippen LogP contribution in [0.4, 0.5) is 0 Å². The number of ether oxygens (including phenoxy) is 1. The van der Waals surface area contributed by atoms with Crippen LogP contribution in [-0.2, 0) is 13.1 Å². The van der Waals surface area contributed by atoms with E-state index in [4.69, 9.17) is 16.3 Å². The largest absolute Gasteiger partial charge is 0.486 e. The van der Waals surface area contributed by atoms with E-state index in [1.165, 1.54) is 0 Å². The van der Waals surface area contributed by atoms with Crippen molar-refractivity contribution in [2.75, 3.05) is 0 Å². The third kappa shape index (κ3) is 2.98. The number of halogens is 1. The van der Waals surface area contributed by atoms with Crippen molar-refractivity contribution in [3.8, 4) is 5.75 Å². The second-order valence-corrected chi connectivity index (χ2v) is 6.73. The highest BCUT2D eigenvalue weighted by Crippen LogP contribution is 2.34. The van der Waals surface area contributed by atoms with Gasteiger partial charge in [0.2, 0.25) is 0 Å². The Hall–Kier alpha value is -2.46. The fraction of sp³-hybridized carbons (Fsp3) is 0.250. The van der Waals surface area contributed by atoms with Gasteiger partial charge in [0.25, 0.3) is 5.91 Å². The molecule has 1 amide bonds. The summed E-state index contributed by atoms with van der Waals surface area (Å²) in [6, 6.07) is 15.4. The first-order chi connectivity index (χ1) is 12.2. The molecule has 4 rings (SSSR count). The molecule has 0 fully saturated rings. The molecule has 128 valence electrons. The minimum atomic E-state index is -0.0751. The molecule has 0 radical (unpaired) electrons. The third-order valence-corrected chi connectivity index (χ3v) is 4.87. The number of nitrogens with zero attached hydrogens (tertiary/aromatic N) is 1. The molecular formula is C20H19ClN2O2. The summed E-state index contributed by atoms with van der Waals surface area (Å²) >= 11 is 5.90. The van der Waals surface area contributed by atoms with Crippen molar-refractivity contribution in [2.24, 2.45) is 0 Å². The van der Waals surface area contributed by atoms with Crippen LogP contribution in [0.5, 0.6) is 5.75 Å². The van der Waals surface area contributed by atoms with E-state index in [1.54, 1.807) is 0 Å². The molecule has 4 nitrogen and oxygen atoms in total. The quantitative estimate of drug-likeness (QED) is 0.754. The molecule has 0 saturated heterocycles. The Morgan fingerprint density at radius 2 is 2.08 bits per heavy atom. The van der Waals surface area contributed by atoms with Crippen LogP contribution in [0.15, 0.2) is 48.5 Å². The van der Waals surface area contributed by atoms with Crippen molar-refractivity contribution in [1.82, 2.24) is 9.88 Å². The van der Waals surface area contributed by atoms with Gasteiger partial charge in [0.05, 0.1) is 12.1 Å². The van der Waals surface area contributed by atoms with E-state index in [2.05, 4.69) is 16.8 Å². The summed E-state index contributed by atoms with van der Waals surface area (Å²) < 4.78 is 8.10. The third-order valence-electron chi connectivity index (χ3n) is 4.62. The highest BCUT2D eigenvalue weighted by atomic mass is 35.5. The van der Waals surface area contributed by atoms with E-state index in [1.807, 2.05) is 48.5 Å². The van der Waals surface area contributed by atoms with Gasteiger partial charge in [-0.05, 0) is 36.2 Å². The molecule has 2 heterocycles. The fourth-order valence-corrected chi connectivity index (χ4v) is 3.40. The van der Waals surface area contributed by atoms with E-state index in [0.29, 0.717) is 23.8 Å². The van der Waals surface area contributed by atoms with Crippen LogP contribution in [0.1, 0.15) is 29.4 Å². The van der Waals surface area contributed by atoms with Crippen LogP contribution < -0.4 is 10.1 Å². The maximum absolute atomic E-state index is 12.8. The van der Waals surface area contributed by atoms with Crippen molar-refractivity contribution in [2.45, 2.75) is 32.5 Å². The van der Waals surface area contributed by atoms with Crippen molar-refractivity contribution in [1.29, 1.82) is 0 Å². The summed E-state index contributed by atoms with van der Waals surface area (Å²) in [6.07, 6.45) is 0.994. The van der Waals surface area contributed by atoms with Crippen molar-refractivity contribution in [3.63, 3.8) is 0 Å². The zero-order chi connectivity index (χ0) is 17.4. The number of para-hydroxylation sites is 1. The van der Waals surface area contributed by atoms with Crippen LogP contribution >= 0.6 is 11.6 Å². The lowest BCUT2D eigenvalue weighted by Crippen LogP contribution is -2.31. The molecule has 25 heavy (non-hydrogen) atoms. The first kappa shape index (κ1) is 16.0. The monoisotopic (exact) mass is 354 g/mol. The van der Waals surface area contributed by atoms with E-state index in [9.17, 15) is 4.79 Å². The molecule has 5 heteroatoms. The average Bonchev–Trinajstić information content (AvgIpc) is 3.01. The Morgan fingerprint density at radius 3 is 2.84 bits per heavy atom. The van der Waals surface area contributed by atoms with Gasteiger partial charge in [-0.15, -0.1) is 0 Å². The molecule has 1 aliphatic heterocycles. The van der Waals surface area contributed by atoms with Crippen LogP contribution in [0, 0.1) is 0 Å². The van der Waals surface area contributed by atoms with Gasteiger partial charge < -0.3 is 14.6 Å². The predicted octanol–water partition coefficient (Wildman–Crippen LogP) is 4.40. The Morgan fingerprint density at radius 1 is 1.28 bits per heavy atom. The number of nitrogens with one attached hydrogen (secondary N) is 1. The highest BCUT2D eigenvalue weighted by Gasteiger charge is 2.25. The lowest BCUT2D eigenvalue weighted by atomic mass is 10.2. The first-order valence-electron chi connectivity index (χ1n) is 8.47. The smallest absolute Gasteiger partial charge is 0.268 e. The van der Waals surface area contributed by atoms with Crippen LogP contribution in [0.2, 0.25) is 5.02 Å². The zero-order valence-electron chi connectivity index (χ0n) is 14.0. The Kier molecular flexibility index (Phi) is 4.14. The molecule has 0 spiro atoms. The molecule has 0 unspecified atom stereocenters. The van der Waals surface area contributed by atoms with Gasteiger partial charge in [-0.1, -0.05) is 42.8 Å². The van der Waals surface area contributed by atoms with Crippen LogP contribution in [0.3, 0.4) is 0 Å². The number of amides is 1. The van der Waals surface area contributed by atoms with Crippen molar-refractivity contribution < 1.29 is 9.53 Å². The van der Waals surface area contributed by atoms with Crippen molar-refractivity contribution >= 4 is 28.4 Å². The Balaban J connectivity index is 1.62. The second kappa shape index (κ2) is 6.45. The number of hydrogen-bond donors (Lipinski definition) is 1. The number of aromatic nitrogens is 1. The lowest BCUT2D eigenvalue weighted by molar-refractivity contribution is 0.0935. The summed E-state index contributed by atoms with van der Waals surface area (Å²) in [5.41, 5.74) is 2.70. The van der Waals surface area contributed by atoms with E-state index in [0.717, 1.165) is 28.6 Å². The molecule has 3 aromatic rings. The van der Waals surface area contributed by atoms with Gasteiger partial charge in [0, 0.05) is 17.0 Å². The van der Waals surface area contributed by atoms with Gasteiger partial charge in [-0.2, -0.15) is 0 Å². The number of carbonyl (C=O) groups excluding carboxylic acids is 1. The SMILES string of the molecule is CC[C@H]1Cn2c(C(=O)NCc3ccc(Cl)cc3)cc3cccc(c32)O1. The molecule has 1 atom stereocenters. The average molecular weight is 355 g/mol. The molecule has 1 aromatic heterocycles. The lowest BCUT2D eigenvalue weighted by Gasteiger charge is -2.26. The van der Waals surface area contributed by atoms with Gasteiger partial charge in [-0.3, -0.25) is 4.79 Å². The summed E-state index contributed by atoms with van der Waals surface area (Å²) in [5, 5.41) is 4.72. The standard InChI is InChI=1S/C20H19ClN2O2/c1-2-16-12-23-17(10-14-4-3-5-18(25-16)19(14)23)20(24)22-11-13-6-8-15(21)9-7-13/h3-10,16H,2,11-12H2,1H3,(H,22,24)/t16-/m0/s1. The minimum Gasteiger partial charge on any atom is -0.486 e. The summed E-state index contributed by atoms with van der Waals surface area (Å²) in [7, 11) is 0. The molecule has 0 bridgehead atoms. The van der Waals surface area contributed by atoms with Crippen molar-refractivity contribution in [3.05, 3.63) is 64.8 Å². The fourth-order valence-electron chi connectivity index (χ4n) is 3.27. The number of carbonyl (C=O) groups is 1. The van der Waals surface area contributed by atoms with Crippen LogP contribution in [0.25, 0.3) is 10.9 Å². The van der Waals surface area contributed by atoms with Gasteiger partial charge in [0.15, 0.2) is 0 Å². The maximum atomic E-state index is 12.8. The molecular weight excluding hydrogens is 336 g/mol. The highest BCUT2D eigenvalue weighted by molar-refractivity contribution is 6.30. The summed E-state index contributed by atoms with van der Waals surface area (Å²) in [5.74, 6) is 0.779. The summed E-state index contributed by atoms with van der Waals surface area (Å²) in [6.45, 7) is 3.26. The number of hydrogen-bond acceptors (Lipinski definition) is 2. The van der Waals surface area contributed by atoms with Gasteiger partial charge >= 0.3 is 0 Å². The van der Waals surface area contributed by atoms with Crippen LogP contribution in [-0.4, -0.2) is 16.6 Å². The number of benzene rings is 2. The topological polar surface area (TPSA) is 43.3 Å². The van der Waals surface area contributed by atoms with E-state index in [-0.39, 0.29) is 12.0 Å². The summed E-state index contributed by atoms with van der Waals surface area (Å²) in [4.78, 5) is 12.8. The maximum Gasteiger partial charge on any atom is 0.268 e. The molecule has 0 aliphatic carbocycles. The molecule has 1 aliphatic rings. The molecule has 2 aromatic carbocycles.